The molecule has 0 fully saturated rings. The van der Waals surface area contributed by atoms with E-state index in [4.69, 9.17) is 5.73 Å². The quantitative estimate of drug-likeness (QED) is 0.874. The first-order valence-electron chi connectivity index (χ1n) is 6.46. The molecule has 0 aliphatic heterocycles. The minimum Gasteiger partial charge on any atom is -0.325 e. The second-order valence-electron chi connectivity index (χ2n) is 4.31. The van der Waals surface area contributed by atoms with Crippen LogP contribution in [0.15, 0.2) is 24.4 Å². The van der Waals surface area contributed by atoms with Crippen LogP contribution in [0.25, 0.3) is 0 Å². The second-order valence-corrected chi connectivity index (χ2v) is 4.31. The van der Waals surface area contributed by atoms with Crippen molar-refractivity contribution in [1.82, 2.24) is 14.8 Å². The molecule has 4 heteroatoms. The van der Waals surface area contributed by atoms with Gasteiger partial charge in [0.15, 0.2) is 0 Å². The van der Waals surface area contributed by atoms with Crippen LogP contribution in [0, 0.1) is 0 Å². The van der Waals surface area contributed by atoms with Crippen molar-refractivity contribution in [2.75, 3.05) is 0 Å². The summed E-state index contributed by atoms with van der Waals surface area (Å²) in [6.07, 6.45) is 3.75. The molecule has 2 rings (SSSR count). The third kappa shape index (κ3) is 2.59. The van der Waals surface area contributed by atoms with E-state index in [0.717, 1.165) is 36.3 Å². The molecule has 0 atom stereocenters. The van der Waals surface area contributed by atoms with E-state index in [1.165, 1.54) is 5.69 Å². The minimum absolute atomic E-state index is 0.472. The van der Waals surface area contributed by atoms with Gasteiger partial charge in [0.1, 0.15) is 0 Å². The lowest BCUT2D eigenvalue weighted by Gasteiger charge is -2.09. The van der Waals surface area contributed by atoms with Crippen molar-refractivity contribution in [1.29, 1.82) is 0 Å². The summed E-state index contributed by atoms with van der Waals surface area (Å²) in [4.78, 5) is 4.31. The van der Waals surface area contributed by atoms with Crippen LogP contribution in [0.5, 0.6) is 0 Å². The largest absolute Gasteiger partial charge is 0.325 e. The normalized spacial score (nSPS) is 10.8. The first-order chi connectivity index (χ1) is 8.78. The molecular weight excluding hydrogens is 224 g/mol. The fourth-order valence-corrected chi connectivity index (χ4v) is 2.07. The Kier molecular flexibility index (Phi) is 4.10. The van der Waals surface area contributed by atoms with Crippen LogP contribution in [0.1, 0.15) is 36.5 Å². The van der Waals surface area contributed by atoms with Gasteiger partial charge in [-0.25, -0.2) is 0 Å². The molecule has 0 bridgehead atoms. The van der Waals surface area contributed by atoms with Gasteiger partial charge >= 0.3 is 0 Å². The van der Waals surface area contributed by atoms with E-state index in [-0.39, 0.29) is 0 Å². The van der Waals surface area contributed by atoms with E-state index in [2.05, 4.69) is 40.7 Å². The zero-order chi connectivity index (χ0) is 13.0. The summed E-state index contributed by atoms with van der Waals surface area (Å²) in [6.45, 7) is 5.50. The molecule has 0 saturated carbocycles. The summed E-state index contributed by atoms with van der Waals surface area (Å²) in [7, 11) is 0. The summed E-state index contributed by atoms with van der Waals surface area (Å²) in [5, 5.41) is 4.62. The van der Waals surface area contributed by atoms with Gasteiger partial charge in [-0.2, -0.15) is 5.10 Å². The first-order valence-corrected chi connectivity index (χ1v) is 6.46. The topological polar surface area (TPSA) is 56.7 Å². The Morgan fingerprint density at radius 1 is 1.28 bits per heavy atom. The highest BCUT2D eigenvalue weighted by Gasteiger charge is 2.08. The van der Waals surface area contributed by atoms with Crippen LogP contribution < -0.4 is 5.73 Å². The van der Waals surface area contributed by atoms with Gasteiger partial charge in [-0.05, 0) is 30.5 Å². The molecule has 2 aromatic heterocycles. The van der Waals surface area contributed by atoms with Crippen molar-refractivity contribution in [2.45, 2.75) is 39.8 Å². The Hall–Kier alpha value is -1.68. The van der Waals surface area contributed by atoms with E-state index >= 15 is 0 Å². The van der Waals surface area contributed by atoms with Crippen molar-refractivity contribution < 1.29 is 0 Å². The number of pyridine rings is 1. The molecule has 4 nitrogen and oxygen atoms in total. The second kappa shape index (κ2) is 5.78. The summed E-state index contributed by atoms with van der Waals surface area (Å²) >= 11 is 0. The van der Waals surface area contributed by atoms with E-state index in [1.54, 1.807) is 6.20 Å². The molecule has 0 unspecified atom stereocenters. The van der Waals surface area contributed by atoms with Gasteiger partial charge in [0.05, 0.1) is 17.9 Å². The number of aryl methyl sites for hydroxylation is 2. The Balaban J connectivity index is 2.30. The van der Waals surface area contributed by atoms with Gasteiger partial charge < -0.3 is 5.73 Å². The van der Waals surface area contributed by atoms with Crippen molar-refractivity contribution >= 4 is 0 Å². The Labute approximate surface area is 108 Å². The predicted octanol–water partition coefficient (Wildman–Crippen LogP) is 1.91. The monoisotopic (exact) mass is 244 g/mol. The van der Waals surface area contributed by atoms with Gasteiger partial charge in [0.25, 0.3) is 0 Å². The Morgan fingerprint density at radius 2 is 2.11 bits per heavy atom. The highest BCUT2D eigenvalue weighted by molar-refractivity contribution is 5.21. The van der Waals surface area contributed by atoms with Gasteiger partial charge in [0, 0.05) is 18.4 Å². The van der Waals surface area contributed by atoms with Crippen molar-refractivity contribution in [3.8, 4) is 0 Å². The van der Waals surface area contributed by atoms with Crippen molar-refractivity contribution in [2.24, 2.45) is 5.73 Å². The van der Waals surface area contributed by atoms with Gasteiger partial charge in [-0.15, -0.1) is 0 Å². The number of nitrogens with two attached hydrogens (primary N) is 1. The maximum atomic E-state index is 5.71. The molecule has 96 valence electrons. The SMILES string of the molecule is CCc1cc(CC)n(Cc2cccnc2CN)n1. The summed E-state index contributed by atoms with van der Waals surface area (Å²) < 4.78 is 2.06. The standard InChI is InChI=1S/C14H20N4/c1-3-12-8-13(4-2)18(17-12)10-11-6-5-7-16-14(11)9-15/h5-8H,3-4,9-10,15H2,1-2H3. The van der Waals surface area contributed by atoms with Gasteiger partial charge in [0.2, 0.25) is 0 Å². The number of nitrogens with zero attached hydrogens (tertiary/aromatic N) is 3. The van der Waals surface area contributed by atoms with E-state index < -0.39 is 0 Å². The lowest BCUT2D eigenvalue weighted by Crippen LogP contribution is -2.11. The van der Waals surface area contributed by atoms with E-state index in [1.807, 2.05) is 6.07 Å². The lowest BCUT2D eigenvalue weighted by atomic mass is 10.2. The number of hydrogen-bond acceptors (Lipinski definition) is 3. The smallest absolute Gasteiger partial charge is 0.0680 e. The van der Waals surface area contributed by atoms with Gasteiger partial charge in [-0.1, -0.05) is 19.9 Å². The highest BCUT2D eigenvalue weighted by Crippen LogP contribution is 2.12. The molecule has 18 heavy (non-hydrogen) atoms. The first kappa shape index (κ1) is 12.8. The van der Waals surface area contributed by atoms with Crippen LogP contribution in [-0.2, 0) is 25.9 Å². The number of rotatable bonds is 5. The van der Waals surface area contributed by atoms with Gasteiger partial charge in [-0.3, -0.25) is 9.67 Å². The molecule has 2 N–H and O–H groups in total. The van der Waals surface area contributed by atoms with Crippen LogP contribution in [-0.4, -0.2) is 14.8 Å². The molecule has 0 aliphatic carbocycles. The summed E-state index contributed by atoms with van der Waals surface area (Å²) in [5.74, 6) is 0. The average Bonchev–Trinajstić information content (AvgIpc) is 2.81. The fourth-order valence-electron chi connectivity index (χ4n) is 2.07. The molecule has 0 aromatic carbocycles. The molecular formula is C14H20N4. The molecule has 2 aromatic rings. The summed E-state index contributed by atoms with van der Waals surface area (Å²) in [5.41, 5.74) is 10.2. The highest BCUT2D eigenvalue weighted by atomic mass is 15.3. The molecule has 0 amide bonds. The molecule has 2 heterocycles. The third-order valence-electron chi connectivity index (χ3n) is 3.14. The zero-order valence-corrected chi connectivity index (χ0v) is 11.1. The molecule has 0 spiro atoms. The molecule has 0 aliphatic rings. The molecule has 0 radical (unpaired) electrons. The minimum atomic E-state index is 0.472. The Morgan fingerprint density at radius 3 is 2.78 bits per heavy atom. The average molecular weight is 244 g/mol. The maximum Gasteiger partial charge on any atom is 0.0680 e. The van der Waals surface area contributed by atoms with E-state index in [9.17, 15) is 0 Å². The number of aromatic nitrogens is 3. The predicted molar refractivity (Wildman–Crippen MR) is 72.2 cm³/mol. The van der Waals surface area contributed by atoms with Crippen LogP contribution in [0.4, 0.5) is 0 Å². The lowest BCUT2D eigenvalue weighted by molar-refractivity contribution is 0.633. The maximum absolute atomic E-state index is 5.71. The van der Waals surface area contributed by atoms with Crippen LogP contribution in [0.2, 0.25) is 0 Å². The van der Waals surface area contributed by atoms with Crippen LogP contribution in [0.3, 0.4) is 0 Å². The number of hydrogen-bond donors (Lipinski definition) is 1. The third-order valence-corrected chi connectivity index (χ3v) is 3.14. The Bertz CT molecular complexity index is 516. The summed E-state index contributed by atoms with van der Waals surface area (Å²) in [6, 6.07) is 6.20. The zero-order valence-electron chi connectivity index (χ0n) is 11.1. The van der Waals surface area contributed by atoms with E-state index in [0.29, 0.717) is 6.54 Å². The fraction of sp³-hybridized carbons (Fsp3) is 0.429. The van der Waals surface area contributed by atoms with Crippen molar-refractivity contribution in [3.05, 3.63) is 47.0 Å². The molecule has 0 saturated heterocycles. The van der Waals surface area contributed by atoms with Crippen LogP contribution >= 0.6 is 0 Å². The van der Waals surface area contributed by atoms with Crippen molar-refractivity contribution in [3.63, 3.8) is 0 Å².